The number of carbonyl (C=O) groups is 1. The van der Waals surface area contributed by atoms with Crippen LogP contribution in [0.4, 0.5) is 10.1 Å². The summed E-state index contributed by atoms with van der Waals surface area (Å²) in [5.41, 5.74) is 1.53. The monoisotopic (exact) mass is 324 g/mol. The molecule has 3 aliphatic rings. The van der Waals surface area contributed by atoms with Crippen LogP contribution in [0.3, 0.4) is 0 Å². The standard InChI is InChI=1S/C16H13FN6O/c1-21-15-14(23-12(7-19-20-23)9-5-6-9)18-8-22(15)11-4-2-3-10(17)13(11)16(21)24/h2-4,7-9H,5-6H2,1H3/q+1. The van der Waals surface area contributed by atoms with Crippen molar-refractivity contribution in [3.8, 4) is 0 Å². The lowest BCUT2D eigenvalue weighted by Crippen LogP contribution is -2.42. The Morgan fingerprint density at radius 3 is 2.96 bits per heavy atom. The SMILES string of the molecule is CN1C(=O)c2c(F)cccc2[N+]2C=NC(n3nncc3C3CC3)=C12. The van der Waals surface area contributed by atoms with Gasteiger partial charge in [-0.2, -0.15) is 9.67 Å². The molecule has 0 N–H and O–H groups in total. The quantitative estimate of drug-likeness (QED) is 0.793. The van der Waals surface area contributed by atoms with Gasteiger partial charge >= 0.3 is 5.82 Å². The normalized spacial score (nSPS) is 19.9. The Hall–Kier alpha value is -2.87. The van der Waals surface area contributed by atoms with Gasteiger partial charge in [-0.15, -0.1) is 5.10 Å². The average Bonchev–Trinajstić information content (AvgIpc) is 3.14. The van der Waals surface area contributed by atoms with Crippen LogP contribution in [0.1, 0.15) is 34.8 Å². The van der Waals surface area contributed by atoms with E-state index in [-0.39, 0.29) is 5.56 Å². The molecule has 8 heteroatoms. The fraction of sp³-hybridized carbons (Fsp3) is 0.250. The zero-order valence-electron chi connectivity index (χ0n) is 12.8. The van der Waals surface area contributed by atoms with Crippen molar-refractivity contribution >= 4 is 23.8 Å². The molecule has 0 atom stereocenters. The largest absolute Gasteiger partial charge is 0.318 e. The van der Waals surface area contributed by atoms with Gasteiger partial charge in [0.1, 0.15) is 11.4 Å². The van der Waals surface area contributed by atoms with E-state index in [1.807, 2.05) is 0 Å². The molecule has 24 heavy (non-hydrogen) atoms. The molecule has 119 valence electrons. The summed E-state index contributed by atoms with van der Waals surface area (Å²) in [6, 6.07) is 4.58. The second-order valence-electron chi connectivity index (χ2n) is 6.10. The van der Waals surface area contributed by atoms with Crippen LogP contribution in [-0.4, -0.2) is 39.2 Å². The summed E-state index contributed by atoms with van der Waals surface area (Å²) >= 11 is 0. The Labute approximate surface area is 136 Å². The number of benzene rings is 1. The number of fused-ring (bicyclic) bond motifs is 3. The van der Waals surface area contributed by atoms with Crippen LogP contribution in [0, 0.1) is 5.82 Å². The molecule has 5 rings (SSSR count). The fourth-order valence-corrected chi connectivity index (χ4v) is 3.22. The minimum atomic E-state index is -0.537. The predicted octanol–water partition coefficient (Wildman–Crippen LogP) is 1.98. The topological polar surface area (TPSA) is 69.3 Å². The van der Waals surface area contributed by atoms with Crippen molar-refractivity contribution in [2.45, 2.75) is 18.8 Å². The van der Waals surface area contributed by atoms with Gasteiger partial charge in [0, 0.05) is 19.0 Å². The summed E-state index contributed by atoms with van der Waals surface area (Å²) in [5, 5.41) is 8.13. The molecule has 1 amide bonds. The number of halogens is 1. The molecular formula is C16H13FN6O+. The second-order valence-corrected chi connectivity index (χ2v) is 6.10. The Morgan fingerprint density at radius 1 is 1.33 bits per heavy atom. The molecule has 0 bridgehead atoms. The first-order chi connectivity index (χ1) is 11.7. The van der Waals surface area contributed by atoms with Crippen molar-refractivity contribution in [2.75, 3.05) is 7.05 Å². The predicted molar refractivity (Wildman–Crippen MR) is 84.0 cm³/mol. The molecule has 0 saturated heterocycles. The van der Waals surface area contributed by atoms with E-state index < -0.39 is 11.7 Å². The first kappa shape index (κ1) is 13.6. The van der Waals surface area contributed by atoms with Crippen molar-refractivity contribution < 1.29 is 9.18 Å². The summed E-state index contributed by atoms with van der Waals surface area (Å²) < 4.78 is 15.8. The molecule has 1 fully saturated rings. The number of carbonyl (C=O) groups excluding carboxylic acids is 1. The van der Waals surface area contributed by atoms with Crippen molar-refractivity contribution in [3.05, 3.63) is 47.3 Å². The number of rotatable bonds is 2. The molecule has 2 aromatic rings. The highest BCUT2D eigenvalue weighted by Gasteiger charge is 2.48. The van der Waals surface area contributed by atoms with E-state index in [1.54, 1.807) is 41.3 Å². The Balaban J connectivity index is 1.72. The Morgan fingerprint density at radius 2 is 2.17 bits per heavy atom. The number of hydrogen-bond donors (Lipinski definition) is 0. The molecule has 7 nitrogen and oxygen atoms in total. The van der Waals surface area contributed by atoms with Crippen molar-refractivity contribution in [1.29, 1.82) is 0 Å². The molecule has 1 radical (unpaired) electrons. The zero-order chi connectivity index (χ0) is 16.4. The van der Waals surface area contributed by atoms with Gasteiger partial charge in [-0.25, -0.2) is 4.39 Å². The van der Waals surface area contributed by atoms with Crippen molar-refractivity contribution in [1.82, 2.24) is 24.8 Å². The number of hydrogen-bond acceptors (Lipinski definition) is 5. The van der Waals surface area contributed by atoms with Gasteiger partial charge in [-0.3, -0.25) is 9.69 Å². The van der Waals surface area contributed by atoms with Crippen molar-refractivity contribution in [3.63, 3.8) is 0 Å². The molecule has 1 aliphatic carbocycles. The third kappa shape index (κ3) is 1.68. The molecule has 2 aliphatic heterocycles. The van der Waals surface area contributed by atoms with E-state index >= 15 is 0 Å². The van der Waals surface area contributed by atoms with Gasteiger partial charge in [0.25, 0.3) is 12.2 Å². The van der Waals surface area contributed by atoms with Gasteiger partial charge in [0.15, 0.2) is 0 Å². The third-order valence-corrected chi connectivity index (χ3v) is 4.58. The van der Waals surface area contributed by atoms with E-state index in [4.69, 9.17) is 0 Å². The summed E-state index contributed by atoms with van der Waals surface area (Å²) in [5.74, 6) is 0.590. The van der Waals surface area contributed by atoms with E-state index in [0.29, 0.717) is 23.2 Å². The highest BCUT2D eigenvalue weighted by atomic mass is 19.1. The minimum absolute atomic E-state index is 0.0532. The third-order valence-electron chi connectivity index (χ3n) is 4.58. The van der Waals surface area contributed by atoms with Crippen LogP contribution < -0.4 is 4.90 Å². The van der Waals surface area contributed by atoms with E-state index in [0.717, 1.165) is 18.5 Å². The smallest absolute Gasteiger partial charge is 0.268 e. The maximum Gasteiger partial charge on any atom is 0.318 e. The second kappa shape index (κ2) is 4.57. The van der Waals surface area contributed by atoms with Crippen LogP contribution in [-0.2, 0) is 0 Å². The Kier molecular flexibility index (Phi) is 2.58. The molecule has 1 aromatic carbocycles. The van der Waals surface area contributed by atoms with Crippen LogP contribution in [0.15, 0.2) is 35.2 Å². The molecule has 0 spiro atoms. The number of aliphatic imine (C=N–C) groups is 1. The summed E-state index contributed by atoms with van der Waals surface area (Å²) in [4.78, 5) is 20.2. The highest BCUT2D eigenvalue weighted by molar-refractivity contribution is 6.06. The number of aromatic nitrogens is 3. The summed E-state index contributed by atoms with van der Waals surface area (Å²) in [7, 11) is 1.61. The van der Waals surface area contributed by atoms with Crippen LogP contribution in [0.5, 0.6) is 0 Å². The molecular weight excluding hydrogens is 311 g/mol. The van der Waals surface area contributed by atoms with Gasteiger partial charge in [-0.1, -0.05) is 11.3 Å². The van der Waals surface area contributed by atoms with Crippen LogP contribution >= 0.6 is 0 Å². The van der Waals surface area contributed by atoms with E-state index in [2.05, 4.69) is 15.3 Å². The fourth-order valence-electron chi connectivity index (χ4n) is 3.22. The van der Waals surface area contributed by atoms with Crippen LogP contribution in [0.25, 0.3) is 5.82 Å². The number of amides is 1. The number of nitrogens with zero attached hydrogens (tertiary/aromatic N) is 6. The van der Waals surface area contributed by atoms with E-state index in [9.17, 15) is 9.18 Å². The van der Waals surface area contributed by atoms with Gasteiger partial charge in [0.05, 0.1) is 11.9 Å². The maximum atomic E-state index is 14.1. The first-order valence-electron chi connectivity index (χ1n) is 7.72. The summed E-state index contributed by atoms with van der Waals surface area (Å²) in [6.45, 7) is 0. The first-order valence-corrected chi connectivity index (χ1v) is 7.72. The summed E-state index contributed by atoms with van der Waals surface area (Å²) in [6.07, 6.45) is 5.53. The lowest BCUT2D eigenvalue weighted by molar-refractivity contribution is 0.0810. The number of anilines is 1. The highest BCUT2D eigenvalue weighted by Crippen LogP contribution is 2.42. The average molecular weight is 324 g/mol. The van der Waals surface area contributed by atoms with Gasteiger partial charge in [0.2, 0.25) is 11.5 Å². The van der Waals surface area contributed by atoms with Crippen molar-refractivity contribution in [2.24, 2.45) is 4.99 Å². The van der Waals surface area contributed by atoms with Crippen LogP contribution in [0.2, 0.25) is 0 Å². The lowest BCUT2D eigenvalue weighted by atomic mass is 10.1. The molecule has 1 aromatic heterocycles. The molecule has 0 unspecified atom stereocenters. The minimum Gasteiger partial charge on any atom is -0.268 e. The zero-order valence-corrected chi connectivity index (χ0v) is 12.8. The Bertz CT molecular complexity index is 942. The molecule has 1 saturated carbocycles. The van der Waals surface area contributed by atoms with E-state index in [1.165, 1.54) is 11.0 Å². The molecule has 3 heterocycles. The van der Waals surface area contributed by atoms with Gasteiger partial charge < -0.3 is 0 Å². The maximum absolute atomic E-state index is 14.1. The van der Waals surface area contributed by atoms with Gasteiger partial charge in [-0.05, 0) is 23.8 Å². The lowest BCUT2D eigenvalue weighted by Gasteiger charge is -2.24.